The predicted octanol–water partition coefficient (Wildman–Crippen LogP) is 3.70. The number of non-ortho nitro benzene ring substituents is 1. The largest absolute Gasteiger partial charge is 0.381 e. The van der Waals surface area contributed by atoms with E-state index in [0.29, 0.717) is 11.6 Å². The molecule has 2 aromatic rings. The molecule has 0 amide bonds. The molecule has 2 unspecified atom stereocenters. The fourth-order valence-electron chi connectivity index (χ4n) is 2.40. The second-order valence-corrected chi connectivity index (χ2v) is 4.96. The standard InChI is InChI=1S/C15H13FN2O2/c16-11-6-12(8-13(7-11)18(19)20)17-15-9-14(15)10-4-2-1-3-5-10/h1-8,14-15,17H,9H2. The normalized spacial score (nSPS) is 20.4. The Bertz CT molecular complexity index is 646. The Kier molecular flexibility index (Phi) is 3.10. The summed E-state index contributed by atoms with van der Waals surface area (Å²) in [6.45, 7) is 0. The summed E-state index contributed by atoms with van der Waals surface area (Å²) in [7, 11) is 0. The highest BCUT2D eigenvalue weighted by Gasteiger charge is 2.38. The second-order valence-electron chi connectivity index (χ2n) is 4.96. The SMILES string of the molecule is O=[N+]([O-])c1cc(F)cc(NC2CC2c2ccccc2)c1. The van der Waals surface area contributed by atoms with Crippen LogP contribution in [0.5, 0.6) is 0 Å². The monoisotopic (exact) mass is 272 g/mol. The number of nitrogens with zero attached hydrogens (tertiary/aromatic N) is 1. The van der Waals surface area contributed by atoms with Crippen molar-refractivity contribution in [2.45, 2.75) is 18.4 Å². The molecule has 0 radical (unpaired) electrons. The Labute approximate surface area is 115 Å². The van der Waals surface area contributed by atoms with Crippen LogP contribution < -0.4 is 5.32 Å². The predicted molar refractivity (Wildman–Crippen MR) is 74.3 cm³/mol. The molecule has 0 heterocycles. The first-order chi connectivity index (χ1) is 9.63. The van der Waals surface area contributed by atoms with Gasteiger partial charge in [-0.05, 0) is 18.1 Å². The van der Waals surface area contributed by atoms with Crippen molar-refractivity contribution in [3.05, 3.63) is 70.0 Å². The Morgan fingerprint density at radius 2 is 1.95 bits per heavy atom. The van der Waals surface area contributed by atoms with E-state index in [9.17, 15) is 14.5 Å². The fraction of sp³-hybridized carbons (Fsp3) is 0.200. The third kappa shape index (κ3) is 2.61. The zero-order valence-corrected chi connectivity index (χ0v) is 10.6. The number of nitro benzene ring substituents is 1. The number of hydrogen-bond acceptors (Lipinski definition) is 3. The molecule has 2 aromatic carbocycles. The molecule has 2 atom stereocenters. The lowest BCUT2D eigenvalue weighted by atomic mass is 10.1. The first kappa shape index (κ1) is 12.6. The van der Waals surface area contributed by atoms with Gasteiger partial charge in [0.15, 0.2) is 0 Å². The van der Waals surface area contributed by atoms with Crippen LogP contribution in [0.3, 0.4) is 0 Å². The van der Waals surface area contributed by atoms with E-state index in [1.165, 1.54) is 17.7 Å². The number of benzene rings is 2. The summed E-state index contributed by atoms with van der Waals surface area (Å²) in [4.78, 5) is 10.1. The molecule has 1 fully saturated rings. The zero-order chi connectivity index (χ0) is 14.1. The lowest BCUT2D eigenvalue weighted by Crippen LogP contribution is -2.05. The Balaban J connectivity index is 1.72. The minimum Gasteiger partial charge on any atom is -0.381 e. The molecule has 1 N–H and O–H groups in total. The number of halogens is 1. The van der Waals surface area contributed by atoms with Crippen LogP contribution in [-0.4, -0.2) is 11.0 Å². The topological polar surface area (TPSA) is 55.2 Å². The summed E-state index contributed by atoms with van der Waals surface area (Å²) >= 11 is 0. The maximum absolute atomic E-state index is 13.3. The molecule has 20 heavy (non-hydrogen) atoms. The van der Waals surface area contributed by atoms with Crippen LogP contribution in [0.25, 0.3) is 0 Å². The highest BCUT2D eigenvalue weighted by Crippen LogP contribution is 2.43. The second kappa shape index (κ2) is 4.92. The molecule has 1 aliphatic rings. The van der Waals surface area contributed by atoms with Gasteiger partial charge in [-0.25, -0.2) is 4.39 Å². The molecule has 3 rings (SSSR count). The van der Waals surface area contributed by atoms with Gasteiger partial charge in [0.1, 0.15) is 5.82 Å². The van der Waals surface area contributed by atoms with Crippen LogP contribution in [0, 0.1) is 15.9 Å². The maximum Gasteiger partial charge on any atom is 0.274 e. The third-order valence-corrected chi connectivity index (χ3v) is 3.46. The molecule has 1 saturated carbocycles. The molecule has 5 heteroatoms. The molecule has 0 aliphatic heterocycles. The highest BCUT2D eigenvalue weighted by atomic mass is 19.1. The van der Waals surface area contributed by atoms with E-state index in [2.05, 4.69) is 17.4 Å². The van der Waals surface area contributed by atoms with Crippen LogP contribution in [0.4, 0.5) is 15.8 Å². The van der Waals surface area contributed by atoms with Crippen molar-refractivity contribution in [1.29, 1.82) is 0 Å². The zero-order valence-electron chi connectivity index (χ0n) is 10.6. The lowest BCUT2D eigenvalue weighted by molar-refractivity contribution is -0.385. The third-order valence-electron chi connectivity index (χ3n) is 3.46. The van der Waals surface area contributed by atoms with Gasteiger partial charge in [0.25, 0.3) is 5.69 Å². The molecule has 0 saturated heterocycles. The van der Waals surface area contributed by atoms with Crippen LogP contribution in [0.2, 0.25) is 0 Å². The van der Waals surface area contributed by atoms with E-state index < -0.39 is 10.7 Å². The van der Waals surface area contributed by atoms with E-state index in [-0.39, 0.29) is 11.7 Å². The van der Waals surface area contributed by atoms with Gasteiger partial charge < -0.3 is 5.32 Å². The van der Waals surface area contributed by atoms with E-state index in [4.69, 9.17) is 0 Å². The van der Waals surface area contributed by atoms with E-state index in [1.54, 1.807) is 0 Å². The summed E-state index contributed by atoms with van der Waals surface area (Å²) < 4.78 is 13.3. The van der Waals surface area contributed by atoms with Gasteiger partial charge in [0, 0.05) is 23.7 Å². The fourth-order valence-corrected chi connectivity index (χ4v) is 2.40. The Hall–Kier alpha value is -2.43. The number of nitro groups is 1. The molecule has 1 aliphatic carbocycles. The molecule has 0 spiro atoms. The first-order valence-corrected chi connectivity index (χ1v) is 6.40. The Morgan fingerprint density at radius 1 is 1.20 bits per heavy atom. The van der Waals surface area contributed by atoms with E-state index in [1.807, 2.05) is 18.2 Å². The van der Waals surface area contributed by atoms with Gasteiger partial charge >= 0.3 is 0 Å². The molecular weight excluding hydrogens is 259 g/mol. The van der Waals surface area contributed by atoms with Gasteiger partial charge in [0.05, 0.1) is 11.0 Å². The minimum atomic E-state index is -0.599. The summed E-state index contributed by atoms with van der Waals surface area (Å²) in [5.74, 6) is -0.211. The summed E-state index contributed by atoms with van der Waals surface area (Å²) in [5, 5.41) is 13.9. The van der Waals surface area contributed by atoms with Gasteiger partial charge in [-0.1, -0.05) is 30.3 Å². The van der Waals surface area contributed by atoms with Crippen LogP contribution in [-0.2, 0) is 0 Å². The van der Waals surface area contributed by atoms with Crippen molar-refractivity contribution in [1.82, 2.24) is 0 Å². The quantitative estimate of drug-likeness (QED) is 0.682. The van der Waals surface area contributed by atoms with Crippen molar-refractivity contribution in [2.24, 2.45) is 0 Å². The van der Waals surface area contributed by atoms with Crippen molar-refractivity contribution in [2.75, 3.05) is 5.32 Å². The van der Waals surface area contributed by atoms with Gasteiger partial charge in [-0.2, -0.15) is 0 Å². The summed E-state index contributed by atoms with van der Waals surface area (Å²) in [6, 6.07) is 13.8. The van der Waals surface area contributed by atoms with Crippen molar-refractivity contribution in [3.8, 4) is 0 Å². The maximum atomic E-state index is 13.3. The van der Waals surface area contributed by atoms with Gasteiger partial charge in [-0.3, -0.25) is 10.1 Å². The van der Waals surface area contributed by atoms with Crippen LogP contribution >= 0.6 is 0 Å². The molecular formula is C15H13FN2O2. The van der Waals surface area contributed by atoms with Crippen molar-refractivity contribution >= 4 is 11.4 Å². The molecule has 102 valence electrons. The summed E-state index contributed by atoms with van der Waals surface area (Å²) in [5.41, 5.74) is 1.46. The molecule has 0 bridgehead atoms. The lowest BCUT2D eigenvalue weighted by Gasteiger charge is -2.06. The first-order valence-electron chi connectivity index (χ1n) is 6.40. The number of anilines is 1. The minimum absolute atomic E-state index is 0.207. The van der Waals surface area contributed by atoms with Crippen molar-refractivity contribution in [3.63, 3.8) is 0 Å². The van der Waals surface area contributed by atoms with Crippen LogP contribution in [0.15, 0.2) is 48.5 Å². The molecule has 0 aromatic heterocycles. The average molecular weight is 272 g/mol. The van der Waals surface area contributed by atoms with Gasteiger partial charge in [0.2, 0.25) is 0 Å². The highest BCUT2D eigenvalue weighted by molar-refractivity contribution is 5.54. The van der Waals surface area contributed by atoms with E-state index in [0.717, 1.165) is 12.5 Å². The van der Waals surface area contributed by atoms with Crippen LogP contribution in [0.1, 0.15) is 17.9 Å². The van der Waals surface area contributed by atoms with E-state index >= 15 is 0 Å². The average Bonchev–Trinajstić information content (AvgIpc) is 3.18. The molecule has 4 nitrogen and oxygen atoms in total. The Morgan fingerprint density at radius 3 is 2.65 bits per heavy atom. The number of rotatable bonds is 4. The van der Waals surface area contributed by atoms with Gasteiger partial charge in [-0.15, -0.1) is 0 Å². The number of nitrogens with one attached hydrogen (secondary N) is 1. The smallest absolute Gasteiger partial charge is 0.274 e. The number of hydrogen-bond donors (Lipinski definition) is 1. The summed E-state index contributed by atoms with van der Waals surface area (Å²) in [6.07, 6.45) is 0.953. The van der Waals surface area contributed by atoms with Crippen molar-refractivity contribution < 1.29 is 9.31 Å².